The molecule has 0 saturated heterocycles. The number of rotatable bonds is 5. The molecule has 0 aromatic heterocycles. The first-order valence-corrected chi connectivity index (χ1v) is 11.3. The van der Waals surface area contributed by atoms with Crippen LogP contribution in [-0.4, -0.2) is 12.7 Å². The van der Waals surface area contributed by atoms with E-state index in [1.54, 1.807) is 17.0 Å². The Morgan fingerprint density at radius 2 is 1.44 bits per heavy atom. The monoisotopic (exact) mass is 446 g/mol. The average molecular weight is 447 g/mol. The van der Waals surface area contributed by atoms with Crippen LogP contribution >= 0.6 is 0 Å². The molecule has 34 heavy (non-hydrogen) atoms. The van der Waals surface area contributed by atoms with Crippen LogP contribution in [0.5, 0.6) is 0 Å². The van der Waals surface area contributed by atoms with E-state index in [0.29, 0.717) is 12.2 Å². The van der Waals surface area contributed by atoms with Gasteiger partial charge in [0.2, 0.25) is 5.39 Å². The summed E-state index contributed by atoms with van der Waals surface area (Å²) in [5.41, 5.74) is 8.01. The molecule has 0 spiro atoms. The zero-order valence-electron chi connectivity index (χ0n) is 18.9. The van der Waals surface area contributed by atoms with Gasteiger partial charge in [-0.1, -0.05) is 66.2 Å². The standard InChI is InChI=1S/C29H24N3O2/c1-20-10-16-23(17-11-20)32(18-21-12-14-22(31-30)15-13-21)29(33)34-19-28-26-8-4-2-6-24(26)25-7-3-5-9-27(25)28/h2-17,28H,18-19H2,1H3/q+1. The first-order valence-electron chi connectivity index (χ1n) is 11.3. The molecule has 4 aromatic carbocycles. The third kappa shape index (κ3) is 4.14. The smallest absolute Gasteiger partial charge is 0.414 e. The Morgan fingerprint density at radius 1 is 0.853 bits per heavy atom. The minimum absolute atomic E-state index is 0.00154. The van der Waals surface area contributed by atoms with E-state index in [-0.39, 0.29) is 12.5 Å². The number of benzene rings is 4. The second-order valence-electron chi connectivity index (χ2n) is 8.49. The maximum atomic E-state index is 13.4. The first kappa shape index (κ1) is 21.4. The van der Waals surface area contributed by atoms with Crippen molar-refractivity contribution >= 4 is 17.5 Å². The van der Waals surface area contributed by atoms with Gasteiger partial charge in [0.1, 0.15) is 6.61 Å². The molecule has 0 unspecified atom stereocenters. The molecule has 5 nitrogen and oxygen atoms in total. The fourth-order valence-electron chi connectivity index (χ4n) is 4.51. The molecule has 5 heteroatoms. The lowest BCUT2D eigenvalue weighted by molar-refractivity contribution is 0.150. The lowest BCUT2D eigenvalue weighted by atomic mass is 9.98. The molecule has 0 bridgehead atoms. The largest absolute Gasteiger partial charge is 0.448 e. The number of hydrogen-bond donors (Lipinski definition) is 0. The van der Waals surface area contributed by atoms with Crippen LogP contribution in [0.25, 0.3) is 16.1 Å². The number of amides is 1. The molecule has 0 heterocycles. The van der Waals surface area contributed by atoms with Gasteiger partial charge >= 0.3 is 11.8 Å². The van der Waals surface area contributed by atoms with Gasteiger partial charge < -0.3 is 4.74 Å². The zero-order chi connectivity index (χ0) is 23.5. The van der Waals surface area contributed by atoms with Crippen molar-refractivity contribution in [2.75, 3.05) is 11.5 Å². The minimum atomic E-state index is -0.401. The van der Waals surface area contributed by atoms with E-state index < -0.39 is 6.09 Å². The SMILES string of the molecule is Cc1ccc(N(Cc2ccc([N+]#N)cc2)C(=O)OCC2c3ccccc3-c3ccccc32)cc1. The van der Waals surface area contributed by atoms with Crippen molar-refractivity contribution in [3.05, 3.63) is 124 Å². The van der Waals surface area contributed by atoms with Crippen molar-refractivity contribution in [2.24, 2.45) is 0 Å². The molecule has 4 aromatic rings. The van der Waals surface area contributed by atoms with Crippen molar-refractivity contribution < 1.29 is 9.53 Å². The van der Waals surface area contributed by atoms with Crippen molar-refractivity contribution in [1.29, 1.82) is 5.39 Å². The summed E-state index contributed by atoms with van der Waals surface area (Å²) in [5.74, 6) is 0.00154. The van der Waals surface area contributed by atoms with Crippen LogP contribution in [-0.2, 0) is 11.3 Å². The van der Waals surface area contributed by atoms with Crippen molar-refractivity contribution in [2.45, 2.75) is 19.4 Å². The van der Waals surface area contributed by atoms with Gasteiger partial charge in [0.05, 0.1) is 6.54 Å². The summed E-state index contributed by atoms with van der Waals surface area (Å²) in [5, 5.41) is 8.96. The predicted molar refractivity (Wildman–Crippen MR) is 134 cm³/mol. The number of diazo groups is 1. The second-order valence-corrected chi connectivity index (χ2v) is 8.49. The Bertz CT molecular complexity index is 1330. The third-order valence-corrected chi connectivity index (χ3v) is 6.29. The molecular formula is C29H24N3O2+. The highest BCUT2D eigenvalue weighted by molar-refractivity contribution is 5.88. The molecule has 0 atom stereocenters. The average Bonchev–Trinajstić information content (AvgIpc) is 3.20. The highest BCUT2D eigenvalue weighted by Gasteiger charge is 2.30. The molecular weight excluding hydrogens is 422 g/mol. The molecule has 0 fully saturated rings. The molecule has 5 rings (SSSR count). The van der Waals surface area contributed by atoms with E-state index in [4.69, 9.17) is 10.1 Å². The summed E-state index contributed by atoms with van der Waals surface area (Å²) in [6, 6.07) is 31.5. The Balaban J connectivity index is 1.39. The van der Waals surface area contributed by atoms with Crippen molar-refractivity contribution in [3.8, 4) is 11.1 Å². The molecule has 1 aliphatic rings. The number of fused-ring (bicyclic) bond motifs is 3. The number of carbonyl (C=O) groups is 1. The fourth-order valence-corrected chi connectivity index (χ4v) is 4.51. The third-order valence-electron chi connectivity index (χ3n) is 6.29. The van der Waals surface area contributed by atoms with Gasteiger partial charge in [-0.25, -0.2) is 4.79 Å². The molecule has 0 saturated carbocycles. The molecule has 0 N–H and O–H groups in total. The van der Waals surface area contributed by atoms with E-state index in [1.165, 1.54) is 22.3 Å². The molecule has 1 amide bonds. The lowest BCUT2D eigenvalue weighted by Crippen LogP contribution is -2.32. The summed E-state index contributed by atoms with van der Waals surface area (Å²) in [6.45, 7) is 2.61. The quantitative estimate of drug-likeness (QED) is 0.299. The Hall–Kier alpha value is -4.43. The molecule has 1 aliphatic carbocycles. The summed E-state index contributed by atoms with van der Waals surface area (Å²) < 4.78 is 5.93. The van der Waals surface area contributed by atoms with Gasteiger partial charge in [0.25, 0.3) is 0 Å². The van der Waals surface area contributed by atoms with Gasteiger partial charge in [-0.3, -0.25) is 4.90 Å². The Morgan fingerprint density at radius 3 is 2.03 bits per heavy atom. The second kappa shape index (κ2) is 9.21. The van der Waals surface area contributed by atoms with Crippen LogP contribution in [0, 0.1) is 12.3 Å². The van der Waals surface area contributed by atoms with Crippen LogP contribution in [0.4, 0.5) is 16.2 Å². The summed E-state index contributed by atoms with van der Waals surface area (Å²) in [7, 11) is 0. The fraction of sp³-hybridized carbons (Fsp3) is 0.138. The van der Waals surface area contributed by atoms with Crippen LogP contribution in [0.2, 0.25) is 0 Å². The number of carbonyl (C=O) groups excluding carboxylic acids is 1. The van der Waals surface area contributed by atoms with Crippen LogP contribution < -0.4 is 4.90 Å². The molecule has 0 aliphatic heterocycles. The van der Waals surface area contributed by atoms with Crippen LogP contribution in [0.15, 0.2) is 97.1 Å². The van der Waals surface area contributed by atoms with E-state index in [2.05, 4.69) is 29.2 Å². The van der Waals surface area contributed by atoms with E-state index in [9.17, 15) is 4.79 Å². The topological polar surface area (TPSA) is 57.7 Å². The Kier molecular flexibility index (Phi) is 5.80. The number of aryl methyl sites for hydroxylation is 1. The lowest BCUT2D eigenvalue weighted by Gasteiger charge is -2.24. The van der Waals surface area contributed by atoms with Gasteiger partial charge in [0.15, 0.2) is 4.98 Å². The molecule has 0 radical (unpaired) electrons. The minimum Gasteiger partial charge on any atom is -0.448 e. The van der Waals surface area contributed by atoms with Crippen molar-refractivity contribution in [3.63, 3.8) is 0 Å². The number of anilines is 1. The summed E-state index contributed by atoms with van der Waals surface area (Å²) >= 11 is 0. The number of nitrogens with zero attached hydrogens (tertiary/aromatic N) is 3. The highest BCUT2D eigenvalue weighted by Crippen LogP contribution is 2.44. The maximum absolute atomic E-state index is 13.4. The van der Waals surface area contributed by atoms with Gasteiger partial charge in [-0.2, -0.15) is 0 Å². The predicted octanol–water partition coefficient (Wildman–Crippen LogP) is 7.44. The maximum Gasteiger partial charge on any atom is 0.414 e. The van der Waals surface area contributed by atoms with Crippen molar-refractivity contribution in [1.82, 2.24) is 0 Å². The van der Waals surface area contributed by atoms with E-state index in [0.717, 1.165) is 16.8 Å². The Labute approximate surface area is 198 Å². The number of ether oxygens (including phenoxy) is 1. The highest BCUT2D eigenvalue weighted by atomic mass is 16.6. The van der Waals surface area contributed by atoms with E-state index in [1.807, 2.05) is 67.6 Å². The first-order chi connectivity index (χ1) is 16.6. The van der Waals surface area contributed by atoms with Crippen LogP contribution in [0.3, 0.4) is 0 Å². The van der Waals surface area contributed by atoms with Gasteiger partial charge in [0, 0.05) is 23.7 Å². The molecule has 166 valence electrons. The summed E-state index contributed by atoms with van der Waals surface area (Å²) in [6.07, 6.45) is -0.401. The van der Waals surface area contributed by atoms with Gasteiger partial charge in [-0.05, 0) is 59.0 Å². The van der Waals surface area contributed by atoms with Crippen LogP contribution in [0.1, 0.15) is 28.2 Å². The number of hydrogen-bond acceptors (Lipinski definition) is 3. The van der Waals surface area contributed by atoms with Gasteiger partial charge in [-0.15, -0.1) is 0 Å². The normalized spacial score (nSPS) is 11.9. The zero-order valence-corrected chi connectivity index (χ0v) is 18.9. The van der Waals surface area contributed by atoms with E-state index >= 15 is 0 Å². The summed E-state index contributed by atoms with van der Waals surface area (Å²) in [4.78, 5) is 18.2.